The number of nitrogens with one attached hydrogen (secondary N) is 2. The van der Waals surface area contributed by atoms with Crippen molar-refractivity contribution in [3.63, 3.8) is 0 Å². The van der Waals surface area contributed by atoms with E-state index in [2.05, 4.69) is 15.3 Å². The Labute approximate surface area is 134 Å². The highest BCUT2D eigenvalue weighted by atomic mass is 16.5. The molecule has 114 valence electrons. The summed E-state index contributed by atoms with van der Waals surface area (Å²) >= 11 is 0. The fraction of sp³-hybridized carbons (Fsp3) is 0.0556. The summed E-state index contributed by atoms with van der Waals surface area (Å²) in [5, 5.41) is 10.8. The molecule has 2 aromatic rings. The third-order valence-electron chi connectivity index (χ3n) is 3.51. The molecule has 1 aromatic carbocycles. The molecule has 0 atom stereocenters. The van der Waals surface area contributed by atoms with Crippen LogP contribution in [0.15, 0.2) is 65.8 Å². The molecular formula is C18H16N4O. The van der Waals surface area contributed by atoms with Gasteiger partial charge in [0.05, 0.1) is 7.11 Å². The van der Waals surface area contributed by atoms with Crippen molar-refractivity contribution in [3.8, 4) is 5.75 Å². The van der Waals surface area contributed by atoms with Crippen LogP contribution in [0.5, 0.6) is 5.75 Å². The molecule has 1 aromatic heterocycles. The molecule has 0 amide bonds. The van der Waals surface area contributed by atoms with Crippen LogP contribution in [0.1, 0.15) is 11.1 Å². The third kappa shape index (κ3) is 3.18. The quantitative estimate of drug-likeness (QED) is 0.853. The molecule has 0 saturated heterocycles. The Balaban J connectivity index is 1.86. The Kier molecular flexibility index (Phi) is 4.29. The van der Waals surface area contributed by atoms with Gasteiger partial charge in [-0.1, -0.05) is 12.1 Å². The van der Waals surface area contributed by atoms with Gasteiger partial charge in [-0.05, 0) is 35.4 Å². The molecule has 2 heterocycles. The van der Waals surface area contributed by atoms with Gasteiger partial charge in [0.15, 0.2) is 0 Å². The minimum atomic E-state index is 0.642. The van der Waals surface area contributed by atoms with Gasteiger partial charge in [0.25, 0.3) is 0 Å². The van der Waals surface area contributed by atoms with Crippen molar-refractivity contribution in [1.82, 2.24) is 10.3 Å². The number of rotatable bonds is 4. The summed E-state index contributed by atoms with van der Waals surface area (Å²) in [4.78, 5) is 8.44. The summed E-state index contributed by atoms with van der Waals surface area (Å²) in [5.41, 5.74) is 3.63. The Morgan fingerprint density at radius 1 is 1.13 bits per heavy atom. The maximum absolute atomic E-state index is 7.64. The summed E-state index contributed by atoms with van der Waals surface area (Å²) in [5.74, 6) is 1.46. The van der Waals surface area contributed by atoms with E-state index in [1.807, 2.05) is 42.6 Å². The van der Waals surface area contributed by atoms with Gasteiger partial charge in [0.1, 0.15) is 11.6 Å². The fourth-order valence-electron chi connectivity index (χ4n) is 2.26. The normalized spacial score (nSPS) is 15.4. The first-order valence-electron chi connectivity index (χ1n) is 7.12. The van der Waals surface area contributed by atoms with Crippen molar-refractivity contribution in [1.29, 1.82) is 5.41 Å². The van der Waals surface area contributed by atoms with Crippen LogP contribution < -0.4 is 10.1 Å². The summed E-state index contributed by atoms with van der Waals surface area (Å²) < 4.78 is 5.16. The average molecular weight is 304 g/mol. The number of nitrogens with zero attached hydrogens (tertiary/aromatic N) is 2. The number of methoxy groups -OCH3 is 1. The number of hydrogen-bond acceptors (Lipinski definition) is 5. The number of aliphatic imine (C=N–C) groups is 1. The van der Waals surface area contributed by atoms with E-state index in [1.165, 1.54) is 6.21 Å². The van der Waals surface area contributed by atoms with Crippen molar-refractivity contribution in [3.05, 3.63) is 71.9 Å². The van der Waals surface area contributed by atoms with E-state index in [-0.39, 0.29) is 0 Å². The van der Waals surface area contributed by atoms with Crippen LogP contribution in [0.4, 0.5) is 0 Å². The topological polar surface area (TPSA) is 70.4 Å². The van der Waals surface area contributed by atoms with Gasteiger partial charge in [-0.15, -0.1) is 0 Å². The lowest BCUT2D eigenvalue weighted by atomic mass is 10.1. The lowest BCUT2D eigenvalue weighted by molar-refractivity contribution is 0.415. The van der Waals surface area contributed by atoms with Crippen LogP contribution in [0.2, 0.25) is 0 Å². The number of ether oxygens (including phenoxy) is 1. The van der Waals surface area contributed by atoms with E-state index in [0.717, 1.165) is 22.4 Å². The van der Waals surface area contributed by atoms with Crippen molar-refractivity contribution >= 4 is 23.6 Å². The van der Waals surface area contributed by atoms with Gasteiger partial charge in [-0.3, -0.25) is 4.98 Å². The monoisotopic (exact) mass is 304 g/mol. The molecule has 0 spiro atoms. The van der Waals surface area contributed by atoms with E-state index in [0.29, 0.717) is 11.4 Å². The summed E-state index contributed by atoms with van der Waals surface area (Å²) in [6.07, 6.45) is 8.36. The minimum Gasteiger partial charge on any atom is -0.497 e. The summed E-state index contributed by atoms with van der Waals surface area (Å²) in [7, 11) is 1.65. The maximum Gasteiger partial charge on any atom is 0.139 e. The second-order valence-electron chi connectivity index (χ2n) is 4.87. The highest BCUT2D eigenvalue weighted by Gasteiger charge is 2.10. The molecule has 2 N–H and O–H groups in total. The van der Waals surface area contributed by atoms with E-state index in [1.54, 1.807) is 25.7 Å². The van der Waals surface area contributed by atoms with Crippen LogP contribution in [0.3, 0.4) is 0 Å². The number of pyridine rings is 1. The van der Waals surface area contributed by atoms with Crippen LogP contribution in [-0.2, 0) is 0 Å². The zero-order chi connectivity index (χ0) is 16.1. The molecule has 0 aliphatic carbocycles. The molecule has 5 heteroatoms. The van der Waals surface area contributed by atoms with Crippen LogP contribution >= 0.6 is 0 Å². The van der Waals surface area contributed by atoms with Crippen LogP contribution in [-0.4, -0.2) is 24.5 Å². The molecule has 0 bridgehead atoms. The van der Waals surface area contributed by atoms with Crippen molar-refractivity contribution in [2.75, 3.05) is 7.11 Å². The number of hydrogen-bond donors (Lipinski definition) is 2. The van der Waals surface area contributed by atoms with Gasteiger partial charge in [-0.2, -0.15) is 0 Å². The van der Waals surface area contributed by atoms with E-state index < -0.39 is 0 Å². The Morgan fingerprint density at radius 2 is 1.87 bits per heavy atom. The fourth-order valence-corrected chi connectivity index (χ4v) is 2.26. The Bertz CT molecular complexity index is 790. The van der Waals surface area contributed by atoms with Crippen molar-refractivity contribution < 1.29 is 4.74 Å². The van der Waals surface area contributed by atoms with Gasteiger partial charge < -0.3 is 15.5 Å². The first kappa shape index (κ1) is 14.7. The molecule has 1 aliphatic rings. The van der Waals surface area contributed by atoms with Crippen molar-refractivity contribution in [2.45, 2.75) is 0 Å². The lowest BCUT2D eigenvalue weighted by Crippen LogP contribution is -2.12. The minimum absolute atomic E-state index is 0.642. The molecule has 0 saturated carbocycles. The van der Waals surface area contributed by atoms with Crippen molar-refractivity contribution in [2.24, 2.45) is 4.99 Å². The van der Waals surface area contributed by atoms with E-state index in [9.17, 15) is 0 Å². The predicted octanol–water partition coefficient (Wildman–Crippen LogP) is 3.12. The number of aromatic nitrogens is 1. The highest BCUT2D eigenvalue weighted by Crippen LogP contribution is 2.22. The lowest BCUT2D eigenvalue weighted by Gasteiger charge is -2.14. The molecule has 5 nitrogen and oxygen atoms in total. The van der Waals surface area contributed by atoms with E-state index in [4.69, 9.17) is 10.1 Å². The largest absolute Gasteiger partial charge is 0.497 e. The first-order chi connectivity index (χ1) is 11.3. The molecule has 23 heavy (non-hydrogen) atoms. The smallest absolute Gasteiger partial charge is 0.139 e. The van der Waals surface area contributed by atoms with Gasteiger partial charge in [0, 0.05) is 42.2 Å². The Hall–Kier alpha value is -3.21. The standard InChI is InChI=1S/C18H16N4O/c1-23-16-4-2-13(3-5-16)15-11-21-18(22-12-15)17(10-19)14-6-8-20-9-7-14/h2-12,19,21H,1H3/b18-17-,19-10?. The zero-order valence-corrected chi connectivity index (χ0v) is 12.7. The Morgan fingerprint density at radius 3 is 2.43 bits per heavy atom. The highest BCUT2D eigenvalue weighted by molar-refractivity contribution is 6.14. The molecular weight excluding hydrogens is 288 g/mol. The van der Waals surface area contributed by atoms with Gasteiger partial charge in [-0.25, -0.2) is 4.99 Å². The third-order valence-corrected chi connectivity index (χ3v) is 3.51. The van der Waals surface area contributed by atoms with Crippen LogP contribution in [0.25, 0.3) is 11.1 Å². The van der Waals surface area contributed by atoms with Crippen LogP contribution in [0, 0.1) is 5.41 Å². The SMILES string of the molecule is COc1ccc(C2=CN/C(=C(\C=N)c3ccncc3)N=C2)cc1. The summed E-state index contributed by atoms with van der Waals surface area (Å²) in [6.45, 7) is 0. The summed E-state index contributed by atoms with van der Waals surface area (Å²) in [6, 6.07) is 11.5. The maximum atomic E-state index is 7.64. The predicted molar refractivity (Wildman–Crippen MR) is 92.5 cm³/mol. The second kappa shape index (κ2) is 6.70. The molecule has 0 fully saturated rings. The van der Waals surface area contributed by atoms with Gasteiger partial charge in [0.2, 0.25) is 0 Å². The molecule has 1 aliphatic heterocycles. The molecule has 3 rings (SSSR count). The molecule has 0 unspecified atom stereocenters. The number of allylic oxidation sites excluding steroid dienone is 2. The van der Waals surface area contributed by atoms with E-state index >= 15 is 0 Å². The average Bonchev–Trinajstić information content (AvgIpc) is 2.64. The second-order valence-corrected chi connectivity index (χ2v) is 4.87. The number of benzene rings is 1. The first-order valence-corrected chi connectivity index (χ1v) is 7.12. The molecule has 0 radical (unpaired) electrons. The zero-order valence-electron chi connectivity index (χ0n) is 12.7. The van der Waals surface area contributed by atoms with Gasteiger partial charge >= 0.3 is 0 Å².